The third-order valence-corrected chi connectivity index (χ3v) is 12.3. The lowest BCUT2D eigenvalue weighted by Gasteiger charge is -2.30. The molecular formula is C40H45N7O7S. The lowest BCUT2D eigenvalue weighted by atomic mass is 9.99. The molecule has 0 spiro atoms. The largest absolute Gasteiger partial charge is 0.472 e. The summed E-state index contributed by atoms with van der Waals surface area (Å²) in [7, 11) is -3.91. The number of aryl methyl sites for hydroxylation is 1. The predicted octanol–water partition coefficient (Wildman–Crippen LogP) is 3.88. The first kappa shape index (κ1) is 37.9. The number of ether oxygens (including phenoxy) is 1. The summed E-state index contributed by atoms with van der Waals surface area (Å²) in [4.78, 5) is 70.6. The molecule has 3 aliphatic rings. The Labute approximate surface area is 319 Å². The topological polar surface area (TPSA) is 190 Å². The van der Waals surface area contributed by atoms with Crippen LogP contribution in [0.15, 0.2) is 73.1 Å². The smallest absolute Gasteiger partial charge is 0.272 e. The number of carbonyl (C=O) groups excluding carboxylic acids is 4. The van der Waals surface area contributed by atoms with Crippen LogP contribution in [0.5, 0.6) is 5.88 Å². The van der Waals surface area contributed by atoms with Crippen molar-refractivity contribution in [2.45, 2.75) is 94.7 Å². The van der Waals surface area contributed by atoms with Crippen LogP contribution in [0.2, 0.25) is 0 Å². The Morgan fingerprint density at radius 1 is 0.927 bits per heavy atom. The molecule has 1 saturated carbocycles. The lowest BCUT2D eigenvalue weighted by Crippen LogP contribution is -2.58. The van der Waals surface area contributed by atoms with E-state index in [-0.39, 0.29) is 18.7 Å². The van der Waals surface area contributed by atoms with E-state index in [1.165, 1.54) is 17.3 Å². The Balaban J connectivity index is 1.22. The van der Waals surface area contributed by atoms with Crippen molar-refractivity contribution in [3.05, 3.63) is 84.5 Å². The van der Waals surface area contributed by atoms with Gasteiger partial charge in [0.1, 0.15) is 29.9 Å². The zero-order valence-corrected chi connectivity index (χ0v) is 31.6. The summed E-state index contributed by atoms with van der Waals surface area (Å²) >= 11 is 0. The number of sulfonamides is 1. The number of para-hydroxylation sites is 1. The Morgan fingerprint density at radius 3 is 2.42 bits per heavy atom. The van der Waals surface area contributed by atoms with Crippen LogP contribution in [0.1, 0.15) is 74.5 Å². The molecule has 1 aliphatic carbocycles. The van der Waals surface area contributed by atoms with E-state index in [0.29, 0.717) is 43.7 Å². The molecule has 4 aromatic rings. The first-order valence-electron chi connectivity index (χ1n) is 18.8. The summed E-state index contributed by atoms with van der Waals surface area (Å²) in [5.74, 6) is -2.79. The minimum absolute atomic E-state index is 0.0150. The SMILES string of the molecule is Cc1cnc(C(=O)N[C@H]2CCCCC/C=C\C(C)[C@H](C(=O)NS(=O)(=O)C3CC3)NC(=O)[C@@H]3C[C@@H](Oc4nc5ccccc5c5ccccc45)CN3C2=O)cn1. The van der Waals surface area contributed by atoms with Gasteiger partial charge in [0.15, 0.2) is 0 Å². The van der Waals surface area contributed by atoms with Crippen molar-refractivity contribution in [2.75, 3.05) is 6.54 Å². The van der Waals surface area contributed by atoms with Gasteiger partial charge in [-0.25, -0.2) is 18.4 Å². The minimum atomic E-state index is -3.91. The summed E-state index contributed by atoms with van der Waals surface area (Å²) in [5.41, 5.74) is 1.40. The molecule has 0 radical (unpaired) electrons. The van der Waals surface area contributed by atoms with E-state index < -0.39 is 69.0 Å². The second kappa shape index (κ2) is 16.1. The normalized spacial score (nSPS) is 24.6. The van der Waals surface area contributed by atoms with Crippen LogP contribution >= 0.6 is 0 Å². The van der Waals surface area contributed by atoms with E-state index in [2.05, 4.69) is 25.3 Å². The molecule has 5 atom stereocenters. The second-order valence-corrected chi connectivity index (χ2v) is 16.6. The zero-order valence-electron chi connectivity index (χ0n) is 30.8. The van der Waals surface area contributed by atoms with Gasteiger partial charge >= 0.3 is 0 Å². The highest BCUT2D eigenvalue weighted by Crippen LogP contribution is 2.33. The molecule has 14 nitrogen and oxygen atoms in total. The monoisotopic (exact) mass is 767 g/mol. The van der Waals surface area contributed by atoms with E-state index in [0.717, 1.165) is 34.5 Å². The molecule has 15 heteroatoms. The molecule has 55 heavy (non-hydrogen) atoms. The fourth-order valence-corrected chi connectivity index (χ4v) is 8.59. The maximum atomic E-state index is 14.6. The number of allylic oxidation sites excluding steroid dienone is 1. The van der Waals surface area contributed by atoms with Crippen LogP contribution in [0.3, 0.4) is 0 Å². The van der Waals surface area contributed by atoms with Crippen molar-refractivity contribution < 1.29 is 32.3 Å². The highest BCUT2D eigenvalue weighted by molar-refractivity contribution is 7.90. The van der Waals surface area contributed by atoms with Gasteiger partial charge in [-0.15, -0.1) is 0 Å². The highest BCUT2D eigenvalue weighted by Gasteiger charge is 2.45. The predicted molar refractivity (Wildman–Crippen MR) is 205 cm³/mol. The summed E-state index contributed by atoms with van der Waals surface area (Å²) in [6.45, 7) is 3.47. The van der Waals surface area contributed by atoms with Gasteiger partial charge < -0.3 is 20.3 Å². The average Bonchev–Trinajstić information content (AvgIpc) is 3.96. The quantitative estimate of drug-likeness (QED) is 0.184. The van der Waals surface area contributed by atoms with E-state index in [9.17, 15) is 27.6 Å². The number of nitrogens with one attached hydrogen (secondary N) is 3. The molecule has 2 fully saturated rings. The number of hydrogen-bond acceptors (Lipinski definition) is 10. The third-order valence-electron chi connectivity index (χ3n) is 10.4. The maximum absolute atomic E-state index is 14.6. The number of hydrogen-bond donors (Lipinski definition) is 3. The van der Waals surface area contributed by atoms with E-state index >= 15 is 0 Å². The standard InChI is InChI=1S/C40H45N7O7S/c1-24-12-6-4-3-5-7-17-32(43-36(48)33-22-41-25(2)21-42-33)40(51)47-23-26(20-34(47)37(49)45-35(24)38(50)46-55(52,53)27-18-19-27)54-39-30-15-9-8-13-28(30)29-14-10-11-16-31(29)44-39/h6,8-16,21-22,24,26-27,32,34-35H,3-5,7,17-20,23H2,1-2H3,(H,43,48)(H,45,49)(H,46,50)/b12-6-/t24?,26-,32+,34+,35-/m1/s1. The van der Waals surface area contributed by atoms with Crippen LogP contribution in [0.25, 0.3) is 21.7 Å². The Hall–Kier alpha value is -5.44. The van der Waals surface area contributed by atoms with Crippen molar-refractivity contribution in [3.63, 3.8) is 0 Å². The van der Waals surface area contributed by atoms with Crippen LogP contribution in [-0.2, 0) is 24.4 Å². The first-order valence-corrected chi connectivity index (χ1v) is 20.4. The second-order valence-electron chi connectivity index (χ2n) is 14.7. The maximum Gasteiger partial charge on any atom is 0.272 e. The fourth-order valence-electron chi connectivity index (χ4n) is 7.26. The molecule has 2 aliphatic heterocycles. The number of nitrogens with zero attached hydrogens (tertiary/aromatic N) is 4. The summed E-state index contributed by atoms with van der Waals surface area (Å²) < 4.78 is 34.4. The molecule has 2 aromatic heterocycles. The minimum Gasteiger partial charge on any atom is -0.472 e. The zero-order chi connectivity index (χ0) is 38.7. The molecule has 4 heterocycles. The number of benzene rings is 2. The van der Waals surface area contributed by atoms with Crippen LogP contribution in [0.4, 0.5) is 0 Å². The Bertz CT molecular complexity index is 2240. The van der Waals surface area contributed by atoms with Gasteiger partial charge in [-0.2, -0.15) is 0 Å². The molecule has 4 amide bonds. The number of fused-ring (bicyclic) bond motifs is 4. The fraction of sp³-hybridized carbons (Fsp3) is 0.425. The number of amides is 4. The van der Waals surface area contributed by atoms with Gasteiger partial charge in [-0.05, 0) is 56.5 Å². The van der Waals surface area contributed by atoms with E-state index in [1.54, 1.807) is 19.9 Å². The van der Waals surface area contributed by atoms with Crippen molar-refractivity contribution in [1.82, 2.24) is 35.2 Å². The van der Waals surface area contributed by atoms with Gasteiger partial charge in [0.2, 0.25) is 27.7 Å². The Kier molecular flexibility index (Phi) is 11.1. The number of rotatable bonds is 7. The molecule has 0 bridgehead atoms. The molecule has 288 valence electrons. The number of aromatic nitrogens is 3. The van der Waals surface area contributed by atoms with Crippen LogP contribution in [-0.4, -0.2) is 87.9 Å². The van der Waals surface area contributed by atoms with Crippen molar-refractivity contribution in [2.24, 2.45) is 5.92 Å². The lowest BCUT2D eigenvalue weighted by molar-refractivity contribution is -0.141. The van der Waals surface area contributed by atoms with Gasteiger partial charge in [-0.1, -0.05) is 68.3 Å². The van der Waals surface area contributed by atoms with Gasteiger partial charge in [0.05, 0.1) is 29.2 Å². The average molecular weight is 768 g/mol. The molecule has 3 N–H and O–H groups in total. The van der Waals surface area contributed by atoms with Crippen LogP contribution < -0.4 is 20.1 Å². The number of carbonyl (C=O) groups is 4. The van der Waals surface area contributed by atoms with Crippen molar-refractivity contribution >= 4 is 55.3 Å². The third kappa shape index (κ3) is 8.61. The molecule has 2 aromatic carbocycles. The van der Waals surface area contributed by atoms with Crippen molar-refractivity contribution in [3.8, 4) is 5.88 Å². The van der Waals surface area contributed by atoms with Gasteiger partial charge in [-0.3, -0.25) is 28.9 Å². The summed E-state index contributed by atoms with van der Waals surface area (Å²) in [5, 5.41) is 7.65. The number of pyridine rings is 1. The van der Waals surface area contributed by atoms with Crippen LogP contribution in [0, 0.1) is 12.8 Å². The molecule has 1 saturated heterocycles. The van der Waals surface area contributed by atoms with Gasteiger partial charge in [0.25, 0.3) is 11.8 Å². The van der Waals surface area contributed by atoms with E-state index in [4.69, 9.17) is 9.72 Å². The summed E-state index contributed by atoms with van der Waals surface area (Å²) in [6, 6.07) is 12.0. The highest BCUT2D eigenvalue weighted by atomic mass is 32.2. The summed E-state index contributed by atoms with van der Waals surface area (Å²) in [6.07, 6.45) is 9.92. The molecule has 7 rings (SSSR count). The van der Waals surface area contributed by atoms with E-state index in [1.807, 2.05) is 54.6 Å². The first-order chi connectivity index (χ1) is 26.5. The molecular weight excluding hydrogens is 723 g/mol. The molecule has 1 unspecified atom stereocenters. The van der Waals surface area contributed by atoms with Crippen molar-refractivity contribution in [1.29, 1.82) is 0 Å². The van der Waals surface area contributed by atoms with Gasteiger partial charge in [0, 0.05) is 29.3 Å². The Morgan fingerprint density at radius 2 is 1.67 bits per heavy atom.